The predicted octanol–water partition coefficient (Wildman–Crippen LogP) is 1.67. The average molecular weight is 355 g/mol. The second-order valence-corrected chi connectivity index (χ2v) is 7.91. The number of halogens is 1. The first-order valence-corrected chi connectivity index (χ1v) is 8.95. The number of hydrogen-bond donors (Lipinski definition) is 2. The van der Waals surface area contributed by atoms with E-state index in [0.717, 1.165) is 18.6 Å². The molecule has 0 radical (unpaired) electrons. The highest BCUT2D eigenvalue weighted by molar-refractivity contribution is 9.10. The molecule has 0 bridgehead atoms. The van der Waals surface area contributed by atoms with Crippen molar-refractivity contribution in [3.63, 3.8) is 0 Å². The molecular formula is C10H15BrN2O3S2. The Morgan fingerprint density at radius 2 is 2.39 bits per heavy atom. The monoisotopic (exact) mass is 354 g/mol. The van der Waals surface area contributed by atoms with Gasteiger partial charge in [-0.05, 0) is 34.5 Å². The quantitative estimate of drug-likeness (QED) is 0.839. The maximum atomic E-state index is 12.1. The van der Waals surface area contributed by atoms with Crippen LogP contribution in [0, 0.1) is 0 Å². The smallest absolute Gasteiger partial charge is 0.245 e. The lowest BCUT2D eigenvalue weighted by atomic mass is 10.2. The average Bonchev–Trinajstić information content (AvgIpc) is 2.95. The molecule has 18 heavy (non-hydrogen) atoms. The minimum atomic E-state index is -3.53. The van der Waals surface area contributed by atoms with E-state index in [1.54, 1.807) is 0 Å². The highest BCUT2D eigenvalue weighted by Gasteiger charge is 2.24. The molecule has 0 aromatic carbocycles. The molecule has 102 valence electrons. The van der Waals surface area contributed by atoms with Gasteiger partial charge in [0.25, 0.3) is 0 Å². The van der Waals surface area contributed by atoms with Crippen LogP contribution in [-0.2, 0) is 16.6 Å². The molecule has 0 amide bonds. The lowest BCUT2D eigenvalue weighted by Gasteiger charge is -2.09. The van der Waals surface area contributed by atoms with Gasteiger partial charge in [0, 0.05) is 17.9 Å². The van der Waals surface area contributed by atoms with Crippen molar-refractivity contribution in [1.82, 2.24) is 4.72 Å². The first-order chi connectivity index (χ1) is 8.53. The first-order valence-electron chi connectivity index (χ1n) is 5.62. The van der Waals surface area contributed by atoms with Gasteiger partial charge >= 0.3 is 0 Å². The highest BCUT2D eigenvalue weighted by atomic mass is 79.9. The molecule has 1 aliphatic rings. The molecule has 1 unspecified atom stereocenters. The Bertz CT molecular complexity index is 509. The van der Waals surface area contributed by atoms with Gasteiger partial charge in [-0.25, -0.2) is 13.1 Å². The number of sulfonamides is 1. The van der Waals surface area contributed by atoms with Crippen LogP contribution in [0.15, 0.2) is 20.0 Å². The summed E-state index contributed by atoms with van der Waals surface area (Å²) < 4.78 is 32.2. The summed E-state index contributed by atoms with van der Waals surface area (Å²) >= 11 is 4.91. The molecule has 1 aliphatic heterocycles. The van der Waals surface area contributed by atoms with E-state index in [1.807, 2.05) is 11.8 Å². The van der Waals surface area contributed by atoms with Crippen molar-refractivity contribution in [2.45, 2.75) is 29.5 Å². The molecule has 0 spiro atoms. The summed E-state index contributed by atoms with van der Waals surface area (Å²) in [5, 5.41) is 0.374. The maximum absolute atomic E-state index is 12.1. The molecular weight excluding hydrogens is 340 g/mol. The number of nitrogens with one attached hydrogen (secondary N) is 1. The Kier molecular flexibility index (Phi) is 4.76. The summed E-state index contributed by atoms with van der Waals surface area (Å²) in [5.74, 6) is 1.55. The van der Waals surface area contributed by atoms with Crippen LogP contribution in [0.25, 0.3) is 0 Å². The summed E-state index contributed by atoms with van der Waals surface area (Å²) in [6, 6.07) is 1.45. The van der Waals surface area contributed by atoms with E-state index in [2.05, 4.69) is 20.7 Å². The number of furan rings is 1. The maximum Gasteiger partial charge on any atom is 0.245 e. The molecule has 1 fully saturated rings. The normalized spacial score (nSPS) is 20.4. The standard InChI is InChI=1S/C10H15BrN2O3S2/c11-10-9(4-7(5-12)16-10)18(14,15)13-6-8-2-1-3-17-8/h4,8,13H,1-3,5-6,12H2. The van der Waals surface area contributed by atoms with Gasteiger partial charge in [0.05, 0.1) is 6.54 Å². The van der Waals surface area contributed by atoms with Crippen LogP contribution in [0.5, 0.6) is 0 Å². The summed E-state index contributed by atoms with van der Waals surface area (Å²) in [5.41, 5.74) is 5.42. The Labute approximate surface area is 119 Å². The minimum absolute atomic E-state index is 0.117. The third kappa shape index (κ3) is 3.30. The molecule has 3 N–H and O–H groups in total. The van der Waals surface area contributed by atoms with E-state index in [1.165, 1.54) is 6.07 Å². The van der Waals surface area contributed by atoms with Crippen LogP contribution >= 0.6 is 27.7 Å². The molecule has 1 saturated heterocycles. The minimum Gasteiger partial charge on any atom is -0.452 e. The van der Waals surface area contributed by atoms with Crippen molar-refractivity contribution in [2.24, 2.45) is 5.73 Å². The van der Waals surface area contributed by atoms with Crippen LogP contribution in [0.2, 0.25) is 0 Å². The predicted molar refractivity (Wildman–Crippen MR) is 75.0 cm³/mol. The van der Waals surface area contributed by atoms with Crippen molar-refractivity contribution >= 4 is 37.7 Å². The Hall–Kier alpha value is -0.0200. The van der Waals surface area contributed by atoms with Crippen LogP contribution in [0.3, 0.4) is 0 Å². The van der Waals surface area contributed by atoms with E-state index in [-0.39, 0.29) is 16.1 Å². The zero-order chi connectivity index (χ0) is 13.2. The summed E-state index contributed by atoms with van der Waals surface area (Å²) in [4.78, 5) is 0.117. The number of nitrogens with two attached hydrogens (primary N) is 1. The topological polar surface area (TPSA) is 85.3 Å². The molecule has 1 aromatic rings. The summed E-state index contributed by atoms with van der Waals surface area (Å²) in [6.45, 7) is 0.634. The van der Waals surface area contributed by atoms with E-state index < -0.39 is 10.0 Å². The van der Waals surface area contributed by atoms with Crippen LogP contribution in [0.4, 0.5) is 0 Å². The number of thioether (sulfide) groups is 1. The Morgan fingerprint density at radius 1 is 1.61 bits per heavy atom. The van der Waals surface area contributed by atoms with E-state index >= 15 is 0 Å². The van der Waals surface area contributed by atoms with Gasteiger partial charge in [-0.1, -0.05) is 0 Å². The van der Waals surface area contributed by atoms with Crippen LogP contribution in [0.1, 0.15) is 18.6 Å². The lowest BCUT2D eigenvalue weighted by molar-refractivity contribution is 0.483. The zero-order valence-electron chi connectivity index (χ0n) is 9.69. The fourth-order valence-corrected chi connectivity index (χ4v) is 5.15. The number of rotatable bonds is 5. The Balaban J connectivity index is 2.06. The van der Waals surface area contributed by atoms with E-state index in [9.17, 15) is 8.42 Å². The molecule has 2 heterocycles. The van der Waals surface area contributed by atoms with E-state index in [0.29, 0.717) is 17.6 Å². The molecule has 0 saturated carbocycles. The van der Waals surface area contributed by atoms with Gasteiger partial charge in [-0.2, -0.15) is 11.8 Å². The van der Waals surface area contributed by atoms with Crippen molar-refractivity contribution in [1.29, 1.82) is 0 Å². The van der Waals surface area contributed by atoms with Crippen molar-refractivity contribution in [3.8, 4) is 0 Å². The molecule has 1 aromatic heterocycles. The van der Waals surface area contributed by atoms with Crippen molar-refractivity contribution < 1.29 is 12.8 Å². The summed E-state index contributed by atoms with van der Waals surface area (Å²) in [6.07, 6.45) is 2.22. The lowest BCUT2D eigenvalue weighted by Crippen LogP contribution is -2.29. The van der Waals surface area contributed by atoms with Crippen LogP contribution in [-0.4, -0.2) is 26.0 Å². The fourth-order valence-electron chi connectivity index (χ4n) is 1.77. The molecule has 1 atom stereocenters. The van der Waals surface area contributed by atoms with Gasteiger partial charge in [0.2, 0.25) is 10.0 Å². The first kappa shape index (κ1) is 14.4. The second-order valence-electron chi connectivity index (χ2n) is 4.04. The van der Waals surface area contributed by atoms with Crippen molar-refractivity contribution in [3.05, 3.63) is 16.5 Å². The SMILES string of the molecule is NCc1cc(S(=O)(=O)NCC2CCCS2)c(Br)o1. The number of hydrogen-bond acceptors (Lipinski definition) is 5. The van der Waals surface area contributed by atoms with Crippen molar-refractivity contribution in [2.75, 3.05) is 12.3 Å². The third-order valence-corrected chi connectivity index (χ3v) is 6.40. The summed E-state index contributed by atoms with van der Waals surface area (Å²) in [7, 11) is -3.53. The van der Waals surface area contributed by atoms with Crippen LogP contribution < -0.4 is 10.5 Å². The molecule has 8 heteroatoms. The van der Waals surface area contributed by atoms with Gasteiger partial charge < -0.3 is 10.2 Å². The Morgan fingerprint density at radius 3 is 2.94 bits per heavy atom. The molecule has 2 rings (SSSR count). The fraction of sp³-hybridized carbons (Fsp3) is 0.600. The highest BCUT2D eigenvalue weighted by Crippen LogP contribution is 2.28. The third-order valence-electron chi connectivity index (χ3n) is 2.72. The van der Waals surface area contributed by atoms with Gasteiger partial charge in [0.1, 0.15) is 10.7 Å². The van der Waals surface area contributed by atoms with Gasteiger partial charge in [-0.3, -0.25) is 0 Å². The zero-order valence-corrected chi connectivity index (χ0v) is 12.9. The van der Waals surface area contributed by atoms with Gasteiger partial charge in [0.15, 0.2) is 4.67 Å². The molecule has 0 aliphatic carbocycles. The van der Waals surface area contributed by atoms with E-state index in [4.69, 9.17) is 10.2 Å². The second kappa shape index (κ2) is 5.96. The van der Waals surface area contributed by atoms with Gasteiger partial charge in [-0.15, -0.1) is 0 Å². The largest absolute Gasteiger partial charge is 0.452 e. The molecule has 5 nitrogen and oxygen atoms in total.